The minimum Gasteiger partial charge on any atom is -0.289 e. The Bertz CT molecular complexity index is 477. The van der Waals surface area contributed by atoms with Gasteiger partial charge in [-0.15, -0.1) is 0 Å². The van der Waals surface area contributed by atoms with Gasteiger partial charge in [-0.1, -0.05) is 36.0 Å². The van der Waals surface area contributed by atoms with Crippen molar-refractivity contribution in [1.29, 1.82) is 0 Å². The molecule has 0 saturated carbocycles. The van der Waals surface area contributed by atoms with Crippen LogP contribution in [-0.2, 0) is 12.8 Å². The zero-order chi connectivity index (χ0) is 13.5. The molecule has 0 fully saturated rings. The molecule has 0 radical (unpaired) electrons. The molecule has 104 valence electrons. The lowest BCUT2D eigenvalue weighted by Gasteiger charge is -2.01. The molecule has 0 heterocycles. The molecule has 0 aromatic heterocycles. The summed E-state index contributed by atoms with van der Waals surface area (Å²) < 4.78 is -0.595. The van der Waals surface area contributed by atoms with Gasteiger partial charge in [0.25, 0.3) is 0 Å². The topological polar surface area (TPSA) is 17.1 Å². The van der Waals surface area contributed by atoms with E-state index in [2.05, 4.69) is 0 Å². The van der Waals surface area contributed by atoms with Gasteiger partial charge >= 0.3 is 0 Å². The lowest BCUT2D eigenvalue weighted by atomic mass is 10.1. The molecule has 0 aliphatic heterocycles. The summed E-state index contributed by atoms with van der Waals surface area (Å²) in [6, 6.07) is 0. The highest BCUT2D eigenvalue weighted by molar-refractivity contribution is 6.56. The van der Waals surface area contributed by atoms with Gasteiger partial charge in [0, 0.05) is 11.1 Å². The lowest BCUT2D eigenvalue weighted by molar-refractivity contribution is 0.670. The van der Waals surface area contributed by atoms with Crippen LogP contribution in [0.25, 0.3) is 0 Å². The van der Waals surface area contributed by atoms with E-state index in [0.717, 1.165) is 62.5 Å². The molecule has 1 aromatic carbocycles. The van der Waals surface area contributed by atoms with Crippen LogP contribution in [-0.4, -0.2) is 4.33 Å². The summed E-state index contributed by atoms with van der Waals surface area (Å²) in [5.41, 5.74) is 5.24. The van der Waals surface area contributed by atoms with Gasteiger partial charge in [0.15, 0.2) is 9.76 Å². The van der Waals surface area contributed by atoms with E-state index in [-0.39, 0.29) is 0 Å². The number of allylic oxidation sites excluding steroid dienone is 2. The van der Waals surface area contributed by atoms with Crippen molar-refractivity contribution in [2.45, 2.75) is 68.5 Å². The molecule has 0 atom stereocenters. The predicted molar refractivity (Wildman–Crippen MR) is 80.9 cm³/mol. The van der Waals surface area contributed by atoms with Crippen molar-refractivity contribution in [2.75, 3.05) is 0 Å². The van der Waals surface area contributed by atoms with Gasteiger partial charge in [-0.05, 0) is 62.5 Å². The van der Waals surface area contributed by atoms with Crippen molar-refractivity contribution in [1.82, 2.24) is 0 Å². The molecule has 3 heteroatoms. The van der Waals surface area contributed by atoms with E-state index in [1.807, 2.05) is 0 Å². The first kappa shape index (κ1) is 13.7. The summed E-state index contributed by atoms with van der Waals surface area (Å²) in [5.74, 6) is 0. The molecule has 19 heavy (non-hydrogen) atoms. The number of halogens is 2. The van der Waals surface area contributed by atoms with E-state index in [9.17, 15) is 4.79 Å². The fourth-order valence-corrected chi connectivity index (χ4v) is 4.03. The van der Waals surface area contributed by atoms with Crippen LogP contribution in [0.4, 0.5) is 0 Å². The summed E-state index contributed by atoms with van der Waals surface area (Å²) in [6.07, 6.45) is 11.0. The summed E-state index contributed by atoms with van der Waals surface area (Å²) >= 11 is 12.6. The van der Waals surface area contributed by atoms with Crippen molar-refractivity contribution < 1.29 is 0 Å². The van der Waals surface area contributed by atoms with Crippen LogP contribution in [0.3, 0.4) is 0 Å². The van der Waals surface area contributed by atoms with Gasteiger partial charge in [-0.3, -0.25) is 4.79 Å². The molecule has 0 bridgehead atoms. The van der Waals surface area contributed by atoms with Crippen molar-refractivity contribution >= 4 is 23.2 Å². The number of alkyl halides is 2. The fraction of sp³-hybridized carbons (Fsp3) is 0.688. The van der Waals surface area contributed by atoms with Crippen molar-refractivity contribution in [2.24, 2.45) is 0 Å². The number of hydrogen-bond donors (Lipinski definition) is 0. The molecular weight excluding hydrogens is 279 g/mol. The summed E-state index contributed by atoms with van der Waals surface area (Å²) in [4.78, 5) is 11.6. The zero-order valence-electron chi connectivity index (χ0n) is 11.2. The highest BCUT2D eigenvalue weighted by Gasteiger charge is 2.48. The Morgan fingerprint density at radius 3 is 1.58 bits per heavy atom. The minimum atomic E-state index is -0.595. The fourth-order valence-electron chi connectivity index (χ4n) is 3.29. The lowest BCUT2D eigenvalue weighted by Crippen LogP contribution is -1.94. The molecule has 1 aromatic rings. The molecule has 3 rings (SSSR count). The summed E-state index contributed by atoms with van der Waals surface area (Å²) in [6.45, 7) is 0. The highest BCUT2D eigenvalue weighted by Crippen LogP contribution is 2.57. The summed E-state index contributed by atoms with van der Waals surface area (Å²) in [7, 11) is 0. The molecule has 2 aliphatic carbocycles. The van der Waals surface area contributed by atoms with E-state index in [1.54, 1.807) is 0 Å². The van der Waals surface area contributed by atoms with Gasteiger partial charge in [0.1, 0.15) is 0 Å². The van der Waals surface area contributed by atoms with E-state index in [0.29, 0.717) is 5.43 Å². The Labute approximate surface area is 124 Å². The molecular formula is C16H20Cl2O. The maximum atomic E-state index is 11.6. The van der Waals surface area contributed by atoms with Crippen LogP contribution < -0.4 is 5.43 Å². The van der Waals surface area contributed by atoms with Crippen molar-refractivity contribution in [3.8, 4) is 0 Å². The second-order valence-electron chi connectivity index (χ2n) is 5.94. The second kappa shape index (κ2) is 5.26. The van der Waals surface area contributed by atoms with Crippen LogP contribution in [0.1, 0.15) is 62.5 Å². The highest BCUT2D eigenvalue weighted by atomic mass is 35.5. The first-order valence-electron chi connectivity index (χ1n) is 7.50. The van der Waals surface area contributed by atoms with Gasteiger partial charge < -0.3 is 0 Å². The average Bonchev–Trinajstić information content (AvgIpc) is 3.15. The Hall–Kier alpha value is -0.270. The third kappa shape index (κ3) is 2.78. The molecule has 2 aliphatic rings. The normalized spacial score (nSPS) is 24.7. The zero-order valence-corrected chi connectivity index (χ0v) is 12.7. The van der Waals surface area contributed by atoms with Crippen LogP contribution >= 0.6 is 23.2 Å². The van der Waals surface area contributed by atoms with Crippen LogP contribution in [0.15, 0.2) is 15.9 Å². The molecule has 1 nitrogen and oxygen atoms in total. The van der Waals surface area contributed by atoms with E-state index in [1.165, 1.54) is 24.0 Å². The first-order valence-corrected chi connectivity index (χ1v) is 8.25. The Balaban J connectivity index is 1.57. The molecule has 0 amide bonds. The Morgan fingerprint density at radius 1 is 0.684 bits per heavy atom. The van der Waals surface area contributed by atoms with Crippen LogP contribution in [0.2, 0.25) is 0 Å². The standard InChI is InChI=1S/C16H20Cl2O/c17-16(18)13-9-5-1-3-7-11-12(15(11)19)8-4-2-6-10-14(13)16/h1-10H2. The second-order valence-corrected chi connectivity index (χ2v) is 7.27. The molecule has 0 unspecified atom stereocenters. The quantitative estimate of drug-likeness (QED) is 0.504. The van der Waals surface area contributed by atoms with Crippen molar-refractivity contribution in [3.63, 3.8) is 0 Å². The number of rotatable bonds is 0. The van der Waals surface area contributed by atoms with Gasteiger partial charge in [-0.2, -0.15) is 0 Å². The third-order valence-electron chi connectivity index (χ3n) is 4.62. The molecule has 0 saturated heterocycles. The van der Waals surface area contributed by atoms with Crippen LogP contribution in [0.5, 0.6) is 0 Å². The van der Waals surface area contributed by atoms with Crippen molar-refractivity contribution in [3.05, 3.63) is 32.5 Å². The van der Waals surface area contributed by atoms with E-state index >= 15 is 0 Å². The third-order valence-corrected chi connectivity index (χ3v) is 5.53. The van der Waals surface area contributed by atoms with Crippen LogP contribution in [0, 0.1) is 0 Å². The molecule has 0 spiro atoms. The first-order chi connectivity index (χ1) is 9.12. The monoisotopic (exact) mass is 298 g/mol. The Morgan fingerprint density at radius 2 is 1.11 bits per heavy atom. The van der Waals surface area contributed by atoms with E-state index in [4.69, 9.17) is 23.2 Å². The Kier molecular flexibility index (Phi) is 3.79. The average molecular weight is 299 g/mol. The molecule has 0 N–H and O–H groups in total. The summed E-state index contributed by atoms with van der Waals surface area (Å²) in [5, 5.41) is 0. The van der Waals surface area contributed by atoms with Gasteiger partial charge in [0.05, 0.1) is 0 Å². The number of hydrogen-bond acceptors (Lipinski definition) is 1. The van der Waals surface area contributed by atoms with Gasteiger partial charge in [-0.25, -0.2) is 0 Å². The maximum absolute atomic E-state index is 11.6. The van der Waals surface area contributed by atoms with Gasteiger partial charge in [0.2, 0.25) is 0 Å². The SMILES string of the molecule is O=c1c2c1CCCCCC1=C(CCCCC2)C1(Cl)Cl. The predicted octanol–water partition coefficient (Wildman–Crippen LogP) is 4.63. The number of fused-ring (bicyclic) bond motifs is 1. The maximum Gasteiger partial charge on any atom is 0.185 e. The minimum absolute atomic E-state index is 0.377. The smallest absolute Gasteiger partial charge is 0.185 e. The largest absolute Gasteiger partial charge is 0.289 e. The van der Waals surface area contributed by atoms with E-state index < -0.39 is 4.33 Å².